The highest BCUT2D eigenvalue weighted by atomic mass is 32.2. The lowest BCUT2D eigenvalue weighted by atomic mass is 10.1. The normalized spacial score (nSPS) is 11.2. The number of anilines is 2. The Morgan fingerprint density at radius 1 is 0.966 bits per heavy atom. The number of hydrogen-bond donors (Lipinski definition) is 1. The van der Waals surface area contributed by atoms with Crippen LogP contribution >= 0.6 is 0 Å². The summed E-state index contributed by atoms with van der Waals surface area (Å²) in [5, 5.41) is 2.36. The Hall–Kier alpha value is -3.26. The molecule has 3 aromatic rings. The standard InChI is InChI=1S/C21H18F2N2O3S/c1-14-8-9-15(21(26)24-19-11-10-16(22)13-18(19)23)12-20(14)25(2)29(27,28)17-6-4-3-5-7-17/h3-13H,1-2H3,(H,24,26). The smallest absolute Gasteiger partial charge is 0.264 e. The van der Waals surface area contributed by atoms with Gasteiger partial charge >= 0.3 is 0 Å². The minimum absolute atomic E-state index is 0.116. The number of halogens is 2. The van der Waals surface area contributed by atoms with Crippen LogP contribution in [0.3, 0.4) is 0 Å². The minimum Gasteiger partial charge on any atom is -0.319 e. The van der Waals surface area contributed by atoms with Crippen LogP contribution in [-0.2, 0) is 10.0 Å². The zero-order valence-corrected chi connectivity index (χ0v) is 16.5. The van der Waals surface area contributed by atoms with Gasteiger partial charge in [-0.15, -0.1) is 0 Å². The molecule has 0 atom stereocenters. The Labute approximate surface area is 167 Å². The fourth-order valence-corrected chi connectivity index (χ4v) is 4.03. The van der Waals surface area contributed by atoms with E-state index in [2.05, 4.69) is 5.32 Å². The fraction of sp³-hybridized carbons (Fsp3) is 0.0952. The van der Waals surface area contributed by atoms with Crippen molar-refractivity contribution in [2.75, 3.05) is 16.7 Å². The van der Waals surface area contributed by atoms with Crippen LogP contribution in [0.25, 0.3) is 0 Å². The zero-order valence-electron chi connectivity index (χ0n) is 15.7. The van der Waals surface area contributed by atoms with Gasteiger partial charge in [0, 0.05) is 18.7 Å². The number of carbonyl (C=O) groups excluding carboxylic acids is 1. The summed E-state index contributed by atoms with van der Waals surface area (Å²) in [7, 11) is -2.43. The molecule has 8 heteroatoms. The van der Waals surface area contributed by atoms with Gasteiger partial charge in [-0.3, -0.25) is 9.10 Å². The number of hydrogen-bond acceptors (Lipinski definition) is 3. The quantitative estimate of drug-likeness (QED) is 0.672. The van der Waals surface area contributed by atoms with Gasteiger partial charge < -0.3 is 5.32 Å². The van der Waals surface area contributed by atoms with Crippen LogP contribution in [0, 0.1) is 18.6 Å². The molecule has 0 spiro atoms. The molecule has 5 nitrogen and oxygen atoms in total. The molecule has 1 N–H and O–H groups in total. The predicted octanol–water partition coefficient (Wildman–Crippen LogP) is 4.35. The average molecular weight is 416 g/mol. The first-order chi connectivity index (χ1) is 13.7. The number of carbonyl (C=O) groups is 1. The van der Waals surface area contributed by atoms with E-state index in [9.17, 15) is 22.0 Å². The molecule has 0 fully saturated rings. The molecular formula is C21H18F2N2O3S. The Kier molecular flexibility index (Phi) is 5.65. The maximum absolute atomic E-state index is 13.8. The van der Waals surface area contributed by atoms with Gasteiger partial charge in [0.05, 0.1) is 16.3 Å². The molecular weight excluding hydrogens is 398 g/mol. The topological polar surface area (TPSA) is 66.5 Å². The van der Waals surface area contributed by atoms with E-state index in [1.807, 2.05) is 0 Å². The van der Waals surface area contributed by atoms with Crippen molar-refractivity contribution in [3.63, 3.8) is 0 Å². The number of rotatable bonds is 5. The molecule has 0 radical (unpaired) electrons. The van der Waals surface area contributed by atoms with Crippen LogP contribution in [0.1, 0.15) is 15.9 Å². The number of amides is 1. The van der Waals surface area contributed by atoms with E-state index >= 15 is 0 Å². The predicted molar refractivity (Wildman–Crippen MR) is 108 cm³/mol. The van der Waals surface area contributed by atoms with Crippen LogP contribution in [0.5, 0.6) is 0 Å². The number of aryl methyl sites for hydroxylation is 1. The maximum Gasteiger partial charge on any atom is 0.264 e. The molecule has 0 bridgehead atoms. The second-order valence-corrected chi connectivity index (χ2v) is 8.33. The summed E-state index contributed by atoms with van der Waals surface area (Å²) in [6.45, 7) is 1.72. The van der Waals surface area contributed by atoms with Gasteiger partial charge in [-0.1, -0.05) is 24.3 Å². The summed E-state index contributed by atoms with van der Waals surface area (Å²) in [6.07, 6.45) is 0. The van der Waals surface area contributed by atoms with E-state index in [0.717, 1.165) is 16.4 Å². The molecule has 3 rings (SSSR count). The average Bonchev–Trinajstić information content (AvgIpc) is 2.70. The van der Waals surface area contributed by atoms with Crippen molar-refractivity contribution in [2.45, 2.75) is 11.8 Å². The highest BCUT2D eigenvalue weighted by Gasteiger charge is 2.23. The third kappa shape index (κ3) is 4.27. The minimum atomic E-state index is -3.83. The zero-order chi connectivity index (χ0) is 21.2. The summed E-state index contributed by atoms with van der Waals surface area (Å²) >= 11 is 0. The first-order valence-electron chi connectivity index (χ1n) is 8.61. The van der Waals surface area contributed by atoms with Gasteiger partial charge in [0.2, 0.25) is 0 Å². The van der Waals surface area contributed by atoms with E-state index in [4.69, 9.17) is 0 Å². The van der Waals surface area contributed by atoms with E-state index in [0.29, 0.717) is 17.3 Å². The maximum atomic E-state index is 13.8. The van der Waals surface area contributed by atoms with E-state index in [-0.39, 0.29) is 16.1 Å². The summed E-state index contributed by atoms with van der Waals surface area (Å²) in [5.41, 5.74) is 0.894. The Morgan fingerprint density at radius 3 is 2.31 bits per heavy atom. The molecule has 1 amide bonds. The van der Waals surface area contributed by atoms with Crippen molar-refractivity contribution in [1.29, 1.82) is 0 Å². The van der Waals surface area contributed by atoms with Crippen LogP contribution in [0.4, 0.5) is 20.2 Å². The monoisotopic (exact) mass is 416 g/mol. The van der Waals surface area contributed by atoms with Gasteiger partial charge in [0.1, 0.15) is 11.6 Å². The molecule has 0 saturated heterocycles. The van der Waals surface area contributed by atoms with Crippen molar-refractivity contribution >= 4 is 27.3 Å². The Bertz CT molecular complexity index is 1170. The first-order valence-corrected chi connectivity index (χ1v) is 10.0. The molecule has 3 aromatic carbocycles. The van der Waals surface area contributed by atoms with E-state index in [1.165, 1.54) is 31.3 Å². The lowest BCUT2D eigenvalue weighted by Crippen LogP contribution is -2.27. The van der Waals surface area contributed by atoms with Crippen LogP contribution in [0.2, 0.25) is 0 Å². The summed E-state index contributed by atoms with van der Waals surface area (Å²) in [4.78, 5) is 12.6. The Balaban J connectivity index is 1.92. The van der Waals surface area contributed by atoms with E-state index in [1.54, 1.807) is 31.2 Å². The molecule has 29 heavy (non-hydrogen) atoms. The van der Waals surface area contributed by atoms with E-state index < -0.39 is 27.6 Å². The molecule has 0 aliphatic carbocycles. The van der Waals surface area contributed by atoms with Crippen molar-refractivity contribution in [3.8, 4) is 0 Å². The highest BCUT2D eigenvalue weighted by Crippen LogP contribution is 2.27. The van der Waals surface area contributed by atoms with Crippen molar-refractivity contribution < 1.29 is 22.0 Å². The largest absolute Gasteiger partial charge is 0.319 e. The Morgan fingerprint density at radius 2 is 1.66 bits per heavy atom. The van der Waals surface area contributed by atoms with Gasteiger partial charge in [-0.25, -0.2) is 17.2 Å². The lowest BCUT2D eigenvalue weighted by Gasteiger charge is -2.22. The van der Waals surface area contributed by atoms with Gasteiger partial charge in [-0.05, 0) is 48.9 Å². The molecule has 150 valence electrons. The van der Waals surface area contributed by atoms with Gasteiger partial charge in [0.15, 0.2) is 0 Å². The third-order valence-corrected chi connectivity index (χ3v) is 6.18. The molecule has 0 heterocycles. The van der Waals surface area contributed by atoms with Crippen molar-refractivity contribution in [3.05, 3.63) is 89.5 Å². The summed E-state index contributed by atoms with van der Waals surface area (Å²) in [5.74, 6) is -2.32. The molecule has 0 aliphatic heterocycles. The summed E-state index contributed by atoms with van der Waals surface area (Å²) < 4.78 is 53.7. The lowest BCUT2D eigenvalue weighted by molar-refractivity contribution is 0.102. The second-order valence-electron chi connectivity index (χ2n) is 6.37. The number of sulfonamides is 1. The van der Waals surface area contributed by atoms with Crippen molar-refractivity contribution in [2.24, 2.45) is 0 Å². The first kappa shape index (κ1) is 20.5. The third-order valence-electron chi connectivity index (χ3n) is 4.39. The van der Waals surface area contributed by atoms with Crippen LogP contribution in [0.15, 0.2) is 71.6 Å². The number of nitrogens with one attached hydrogen (secondary N) is 1. The van der Waals surface area contributed by atoms with Crippen LogP contribution in [-0.4, -0.2) is 21.4 Å². The van der Waals surface area contributed by atoms with Crippen LogP contribution < -0.4 is 9.62 Å². The summed E-state index contributed by atoms with van der Waals surface area (Å²) in [6, 6.07) is 15.2. The number of nitrogens with zero attached hydrogens (tertiary/aromatic N) is 1. The van der Waals surface area contributed by atoms with Gasteiger partial charge in [0.25, 0.3) is 15.9 Å². The second kappa shape index (κ2) is 8.00. The molecule has 0 aliphatic rings. The SMILES string of the molecule is Cc1ccc(C(=O)Nc2ccc(F)cc2F)cc1N(C)S(=O)(=O)c1ccccc1. The van der Waals surface area contributed by atoms with Gasteiger partial charge in [-0.2, -0.15) is 0 Å². The molecule has 0 unspecified atom stereocenters. The fourth-order valence-electron chi connectivity index (χ4n) is 2.76. The number of benzene rings is 3. The van der Waals surface area contributed by atoms with Crippen molar-refractivity contribution in [1.82, 2.24) is 0 Å². The molecule has 0 aromatic heterocycles. The molecule has 0 saturated carbocycles. The highest BCUT2D eigenvalue weighted by molar-refractivity contribution is 7.92.